The number of allylic oxidation sites excluding steroid dienone is 1. The molecule has 0 radical (unpaired) electrons. The van der Waals surface area contributed by atoms with E-state index < -0.39 is 5.24 Å². The molecule has 0 spiro atoms. The predicted molar refractivity (Wildman–Crippen MR) is 82.9 cm³/mol. The minimum atomic E-state index is -0.476. The molecule has 0 aliphatic rings. The van der Waals surface area contributed by atoms with Gasteiger partial charge in [-0.3, -0.25) is 4.79 Å². The highest BCUT2D eigenvalue weighted by Gasteiger charge is 2.02. The zero-order valence-corrected chi connectivity index (χ0v) is 13.2. The van der Waals surface area contributed by atoms with E-state index in [9.17, 15) is 4.79 Å². The van der Waals surface area contributed by atoms with Crippen molar-refractivity contribution in [3.63, 3.8) is 0 Å². The number of benzene rings is 1. The molecule has 1 rings (SSSR count). The van der Waals surface area contributed by atoms with E-state index in [0.717, 1.165) is 22.3 Å². The van der Waals surface area contributed by atoms with Gasteiger partial charge in [0.25, 0.3) is 0 Å². The lowest BCUT2D eigenvalue weighted by atomic mass is 10.2. The number of aliphatic hydroxyl groups excluding tert-OH is 1. The van der Waals surface area contributed by atoms with Gasteiger partial charge >= 0.3 is 0 Å². The number of quaternary nitrogens is 1. The van der Waals surface area contributed by atoms with Crippen LogP contribution in [0.25, 0.3) is 6.08 Å². The Morgan fingerprint density at radius 2 is 1.85 bits per heavy atom. The van der Waals surface area contributed by atoms with Gasteiger partial charge in [0.05, 0.1) is 34.9 Å². The first-order chi connectivity index (χ1) is 9.28. The largest absolute Gasteiger partial charge is 0.497 e. The lowest BCUT2D eigenvalue weighted by Crippen LogP contribution is -2.36. The van der Waals surface area contributed by atoms with Crippen LogP contribution >= 0.6 is 11.6 Å². The first-order valence-electron chi connectivity index (χ1n) is 6.21. The number of aliphatic hydroxyl groups is 1. The average Bonchev–Trinajstić information content (AvgIpc) is 2.36. The van der Waals surface area contributed by atoms with Crippen molar-refractivity contribution in [3.05, 3.63) is 35.9 Å². The second-order valence-electron chi connectivity index (χ2n) is 5.15. The summed E-state index contributed by atoms with van der Waals surface area (Å²) in [6.45, 7) is 1.11. The Balaban J connectivity index is 0.000000441. The maximum atomic E-state index is 10.4. The summed E-state index contributed by atoms with van der Waals surface area (Å²) in [6.07, 6.45) is 2.96. The highest BCUT2D eigenvalue weighted by Crippen LogP contribution is 2.12. The van der Waals surface area contributed by atoms with Crippen molar-refractivity contribution in [1.82, 2.24) is 0 Å². The Labute approximate surface area is 125 Å². The van der Waals surface area contributed by atoms with E-state index in [0.29, 0.717) is 0 Å². The molecular formula is C15H23ClNO3+. The monoisotopic (exact) mass is 300 g/mol. The fraction of sp³-hybridized carbons (Fsp3) is 0.400. The van der Waals surface area contributed by atoms with Crippen LogP contribution < -0.4 is 4.74 Å². The molecule has 0 aromatic heterocycles. The number of likely N-dealkylation sites (N-methyl/N-ethyl adjacent to an activating group) is 1. The van der Waals surface area contributed by atoms with E-state index in [1.165, 1.54) is 6.08 Å². The molecule has 0 bridgehead atoms. The van der Waals surface area contributed by atoms with E-state index in [4.69, 9.17) is 21.4 Å². The summed E-state index contributed by atoms with van der Waals surface area (Å²) in [4.78, 5) is 10.4. The standard InChI is InChI=1S/C10H9ClO2.C5H14NO/c1-13-9-5-2-8(3-6-9)4-7-10(11)12;1-6(2,3)4-5-7/h2-7H,1H3;7H,4-5H2,1-3H3/q;+1/b7-4+;. The van der Waals surface area contributed by atoms with Gasteiger partial charge in [-0.15, -0.1) is 0 Å². The van der Waals surface area contributed by atoms with Crippen molar-refractivity contribution >= 4 is 22.9 Å². The Hall–Kier alpha value is -1.36. The maximum Gasteiger partial charge on any atom is 0.245 e. The minimum Gasteiger partial charge on any atom is -0.497 e. The van der Waals surface area contributed by atoms with E-state index in [-0.39, 0.29) is 6.61 Å². The van der Waals surface area contributed by atoms with Crippen LogP contribution in [-0.2, 0) is 4.79 Å². The molecular weight excluding hydrogens is 278 g/mol. The predicted octanol–water partition coefficient (Wildman–Crippen LogP) is 2.16. The number of hydrogen-bond donors (Lipinski definition) is 1. The minimum absolute atomic E-state index is 0.281. The van der Waals surface area contributed by atoms with Crippen molar-refractivity contribution in [3.8, 4) is 5.75 Å². The summed E-state index contributed by atoms with van der Waals surface area (Å²) in [5.41, 5.74) is 0.912. The summed E-state index contributed by atoms with van der Waals surface area (Å²) in [7, 11) is 7.76. The van der Waals surface area contributed by atoms with Crippen LogP contribution in [0.3, 0.4) is 0 Å². The van der Waals surface area contributed by atoms with Gasteiger partial charge in [0, 0.05) is 0 Å². The Kier molecular flexibility index (Phi) is 8.88. The molecule has 0 saturated heterocycles. The van der Waals surface area contributed by atoms with Crippen LogP contribution in [0.2, 0.25) is 0 Å². The fourth-order valence-corrected chi connectivity index (χ4v) is 1.24. The Bertz CT molecular complexity index is 422. The molecule has 0 amide bonds. The Morgan fingerprint density at radius 1 is 1.30 bits per heavy atom. The zero-order chi connectivity index (χ0) is 15.6. The number of ether oxygens (including phenoxy) is 1. The molecule has 0 aliphatic heterocycles. The van der Waals surface area contributed by atoms with Crippen molar-refractivity contribution in [1.29, 1.82) is 0 Å². The summed E-state index contributed by atoms with van der Waals surface area (Å²) in [5, 5.41) is 7.91. The topological polar surface area (TPSA) is 46.5 Å². The van der Waals surface area contributed by atoms with Crippen LogP contribution in [0.5, 0.6) is 5.75 Å². The summed E-state index contributed by atoms with van der Waals surface area (Å²) >= 11 is 5.14. The van der Waals surface area contributed by atoms with Gasteiger partial charge in [-0.1, -0.05) is 18.2 Å². The number of hydrogen-bond acceptors (Lipinski definition) is 3. The van der Waals surface area contributed by atoms with Crippen molar-refractivity contribution < 1.29 is 19.1 Å². The molecule has 0 saturated carbocycles. The molecule has 1 aromatic carbocycles. The normalized spacial score (nSPS) is 10.9. The third-order valence-electron chi connectivity index (χ3n) is 2.29. The highest BCUT2D eigenvalue weighted by atomic mass is 35.5. The third-order valence-corrected chi connectivity index (χ3v) is 2.42. The van der Waals surface area contributed by atoms with Crippen LogP contribution in [0.1, 0.15) is 5.56 Å². The molecule has 0 heterocycles. The van der Waals surface area contributed by atoms with Gasteiger partial charge in [-0.05, 0) is 35.4 Å². The third kappa shape index (κ3) is 10.6. The first kappa shape index (κ1) is 18.6. The summed E-state index contributed by atoms with van der Waals surface area (Å²) in [6, 6.07) is 7.32. The molecule has 4 nitrogen and oxygen atoms in total. The second-order valence-corrected chi connectivity index (χ2v) is 5.52. The van der Waals surface area contributed by atoms with Gasteiger partial charge in [0.1, 0.15) is 12.3 Å². The van der Waals surface area contributed by atoms with E-state index in [1.54, 1.807) is 13.2 Å². The smallest absolute Gasteiger partial charge is 0.245 e. The van der Waals surface area contributed by atoms with Crippen LogP contribution in [-0.4, -0.2) is 56.2 Å². The number of methoxy groups -OCH3 is 1. The van der Waals surface area contributed by atoms with E-state index >= 15 is 0 Å². The Morgan fingerprint density at radius 3 is 2.15 bits per heavy atom. The number of halogens is 1. The molecule has 20 heavy (non-hydrogen) atoms. The van der Waals surface area contributed by atoms with Crippen LogP contribution in [0, 0.1) is 0 Å². The zero-order valence-electron chi connectivity index (χ0n) is 12.5. The molecule has 0 atom stereocenters. The van der Waals surface area contributed by atoms with Gasteiger partial charge in [-0.2, -0.15) is 0 Å². The molecule has 0 aliphatic carbocycles. The number of nitrogens with zero attached hydrogens (tertiary/aromatic N) is 1. The number of rotatable bonds is 5. The van der Waals surface area contributed by atoms with E-state index in [2.05, 4.69) is 21.1 Å². The van der Waals surface area contributed by atoms with Crippen molar-refractivity contribution in [2.45, 2.75) is 0 Å². The SMILES string of the molecule is COc1ccc(/C=C/C(=O)Cl)cc1.C[N+](C)(C)CCO. The highest BCUT2D eigenvalue weighted by molar-refractivity contribution is 6.66. The molecule has 1 aromatic rings. The van der Waals surface area contributed by atoms with Gasteiger partial charge < -0.3 is 14.3 Å². The van der Waals surface area contributed by atoms with Gasteiger partial charge in [0.2, 0.25) is 5.24 Å². The quantitative estimate of drug-likeness (QED) is 0.515. The van der Waals surface area contributed by atoms with Gasteiger partial charge in [0.15, 0.2) is 0 Å². The lowest BCUT2D eigenvalue weighted by molar-refractivity contribution is -0.870. The van der Waals surface area contributed by atoms with Crippen LogP contribution in [0.15, 0.2) is 30.3 Å². The van der Waals surface area contributed by atoms with Gasteiger partial charge in [-0.25, -0.2) is 0 Å². The maximum absolute atomic E-state index is 10.4. The van der Waals surface area contributed by atoms with Crippen molar-refractivity contribution in [2.24, 2.45) is 0 Å². The molecule has 112 valence electrons. The average molecular weight is 301 g/mol. The lowest BCUT2D eigenvalue weighted by Gasteiger charge is -2.21. The number of carbonyl (C=O) groups is 1. The number of carbonyl (C=O) groups excluding carboxylic acids is 1. The molecule has 0 fully saturated rings. The van der Waals surface area contributed by atoms with E-state index in [1.807, 2.05) is 24.3 Å². The van der Waals surface area contributed by atoms with Crippen LogP contribution in [0.4, 0.5) is 0 Å². The second kappa shape index (κ2) is 9.53. The summed E-state index contributed by atoms with van der Waals surface area (Å²) < 4.78 is 5.82. The van der Waals surface area contributed by atoms with Crippen molar-refractivity contribution in [2.75, 3.05) is 41.4 Å². The molecule has 0 unspecified atom stereocenters. The summed E-state index contributed by atoms with van der Waals surface area (Å²) in [5.74, 6) is 0.786. The molecule has 5 heteroatoms. The fourth-order valence-electron chi connectivity index (χ4n) is 1.18. The molecule has 1 N–H and O–H groups in total. The first-order valence-corrected chi connectivity index (χ1v) is 6.59.